The van der Waals surface area contributed by atoms with Crippen LogP contribution in [0.3, 0.4) is 0 Å². The lowest BCUT2D eigenvalue weighted by Gasteiger charge is -2.14. The molecule has 2 atom stereocenters. The number of hydrogen-bond donors (Lipinski definition) is 2. The highest BCUT2D eigenvalue weighted by molar-refractivity contribution is 6.36. The summed E-state index contributed by atoms with van der Waals surface area (Å²) in [5.74, 6) is -0.627. The molecule has 7 heteroatoms. The molecular formula is C23H18Cl2N3O2+. The lowest BCUT2D eigenvalue weighted by molar-refractivity contribution is -0.596. The fourth-order valence-electron chi connectivity index (χ4n) is 3.40. The zero-order chi connectivity index (χ0) is 21.1. The summed E-state index contributed by atoms with van der Waals surface area (Å²) in [7, 11) is 0. The Labute approximate surface area is 183 Å². The quantitative estimate of drug-likeness (QED) is 0.604. The number of rotatable bonds is 4. The number of nitrogens with one attached hydrogen (secondary N) is 2. The van der Waals surface area contributed by atoms with Crippen LogP contribution in [0.25, 0.3) is 0 Å². The average molecular weight is 439 g/mol. The summed E-state index contributed by atoms with van der Waals surface area (Å²) in [5, 5.41) is 3.85. The van der Waals surface area contributed by atoms with Crippen LogP contribution >= 0.6 is 23.2 Å². The normalized spacial score (nSPS) is 19.5. The van der Waals surface area contributed by atoms with E-state index in [1.165, 1.54) is 0 Å². The minimum Gasteiger partial charge on any atom is -0.334 e. The first-order chi connectivity index (χ1) is 14.5. The maximum Gasteiger partial charge on any atom is 0.304 e. The van der Waals surface area contributed by atoms with Gasteiger partial charge >= 0.3 is 5.91 Å². The number of halogens is 2. The molecule has 2 amide bonds. The molecule has 0 aliphatic carbocycles. The van der Waals surface area contributed by atoms with Crippen molar-refractivity contribution >= 4 is 41.2 Å². The van der Waals surface area contributed by atoms with E-state index in [9.17, 15) is 9.59 Å². The van der Waals surface area contributed by atoms with Crippen molar-refractivity contribution in [2.24, 2.45) is 0 Å². The van der Waals surface area contributed by atoms with Crippen LogP contribution in [0.5, 0.6) is 0 Å². The van der Waals surface area contributed by atoms with Gasteiger partial charge in [-0.25, -0.2) is 0 Å². The van der Waals surface area contributed by atoms with E-state index in [0.717, 1.165) is 5.56 Å². The zero-order valence-electron chi connectivity index (χ0n) is 15.8. The minimum atomic E-state index is -0.789. The summed E-state index contributed by atoms with van der Waals surface area (Å²) in [5.41, 5.74) is 4.88. The van der Waals surface area contributed by atoms with Crippen LogP contribution in [0.15, 0.2) is 78.9 Å². The third-order valence-corrected chi connectivity index (χ3v) is 5.40. The predicted octanol–water partition coefficient (Wildman–Crippen LogP) is 4.01. The van der Waals surface area contributed by atoms with E-state index >= 15 is 0 Å². The lowest BCUT2D eigenvalue weighted by Crippen LogP contribution is -2.42. The molecule has 2 unspecified atom stereocenters. The molecule has 1 aliphatic rings. The van der Waals surface area contributed by atoms with Gasteiger partial charge in [0.2, 0.25) is 12.3 Å². The number of benzene rings is 3. The SMILES string of the molecule is O=C(NC1C(=O)N/[N+](=C\c2ccc(Cl)cc2Cl)C1c1ccccc1)c1ccccc1. The van der Waals surface area contributed by atoms with Gasteiger partial charge in [-0.3, -0.25) is 9.59 Å². The molecule has 0 radical (unpaired) electrons. The van der Waals surface area contributed by atoms with Gasteiger partial charge in [-0.15, -0.1) is 10.1 Å². The van der Waals surface area contributed by atoms with E-state index < -0.39 is 12.1 Å². The smallest absolute Gasteiger partial charge is 0.304 e. The molecule has 2 N–H and O–H groups in total. The van der Waals surface area contributed by atoms with Crippen molar-refractivity contribution in [3.8, 4) is 0 Å². The fourth-order valence-corrected chi connectivity index (χ4v) is 3.86. The fraction of sp³-hybridized carbons (Fsp3) is 0.0870. The monoisotopic (exact) mass is 438 g/mol. The van der Waals surface area contributed by atoms with Gasteiger partial charge in [0.25, 0.3) is 5.91 Å². The molecule has 150 valence electrons. The third-order valence-electron chi connectivity index (χ3n) is 4.84. The second-order valence-corrected chi connectivity index (χ2v) is 7.69. The van der Waals surface area contributed by atoms with Gasteiger partial charge in [-0.05, 0) is 30.3 Å². The standard InChI is InChI=1S/C23H17Cl2N3O2/c24-18-12-11-17(19(25)13-18)14-28-21(15-7-3-1-4-8-15)20(23(30)27-28)26-22(29)16-9-5-2-6-10-16/h1-14,20-21H,(H-,26,27,29,30)/p+1/b28-14-. The molecule has 30 heavy (non-hydrogen) atoms. The number of carbonyl (C=O) groups excluding carboxylic acids is 2. The van der Waals surface area contributed by atoms with Gasteiger partial charge in [0.05, 0.1) is 10.6 Å². The van der Waals surface area contributed by atoms with Gasteiger partial charge in [0, 0.05) is 16.1 Å². The highest BCUT2D eigenvalue weighted by atomic mass is 35.5. The second kappa shape index (κ2) is 8.69. The molecule has 0 aromatic heterocycles. The number of hydrazone groups is 1. The topological polar surface area (TPSA) is 61.2 Å². The summed E-state index contributed by atoms with van der Waals surface area (Å²) in [6.45, 7) is 0. The van der Waals surface area contributed by atoms with Crippen LogP contribution in [0.4, 0.5) is 0 Å². The molecule has 3 aromatic carbocycles. The molecule has 0 bridgehead atoms. The van der Waals surface area contributed by atoms with Crippen molar-refractivity contribution in [1.82, 2.24) is 10.7 Å². The van der Waals surface area contributed by atoms with Gasteiger partial charge < -0.3 is 5.32 Å². The van der Waals surface area contributed by atoms with E-state index in [4.69, 9.17) is 23.2 Å². The molecule has 3 aromatic rings. The Morgan fingerprint density at radius 1 is 0.967 bits per heavy atom. The Hall–Kier alpha value is -3.15. The molecule has 0 spiro atoms. The van der Waals surface area contributed by atoms with Crippen molar-refractivity contribution in [3.05, 3.63) is 106 Å². The van der Waals surface area contributed by atoms with Gasteiger partial charge in [-0.1, -0.05) is 71.7 Å². The van der Waals surface area contributed by atoms with Crippen molar-refractivity contribution in [1.29, 1.82) is 0 Å². The summed E-state index contributed by atoms with van der Waals surface area (Å²) in [6, 6.07) is 22.2. The maximum absolute atomic E-state index is 12.8. The number of nitrogens with zero attached hydrogens (tertiary/aromatic N) is 1. The number of amides is 2. The van der Waals surface area contributed by atoms with Gasteiger partial charge in [-0.2, -0.15) is 0 Å². The first kappa shape index (κ1) is 20.1. The Kier molecular flexibility index (Phi) is 5.84. The number of hydrazine groups is 1. The van der Waals surface area contributed by atoms with Crippen molar-refractivity contribution in [3.63, 3.8) is 0 Å². The van der Waals surface area contributed by atoms with Crippen LogP contribution in [-0.4, -0.2) is 28.8 Å². The summed E-state index contributed by atoms with van der Waals surface area (Å²) >= 11 is 12.3. The molecular weight excluding hydrogens is 421 g/mol. The Morgan fingerprint density at radius 2 is 1.63 bits per heavy atom. The van der Waals surface area contributed by atoms with Crippen LogP contribution in [0.1, 0.15) is 27.5 Å². The summed E-state index contributed by atoms with van der Waals surface area (Å²) in [6.07, 6.45) is 1.74. The maximum atomic E-state index is 12.8. The van der Waals surface area contributed by atoms with Gasteiger partial charge in [0.15, 0.2) is 6.04 Å². The molecule has 0 saturated carbocycles. The van der Waals surface area contributed by atoms with Crippen LogP contribution in [0.2, 0.25) is 10.0 Å². The minimum absolute atomic E-state index is 0.311. The summed E-state index contributed by atoms with van der Waals surface area (Å²) in [4.78, 5) is 25.5. The third kappa shape index (κ3) is 4.22. The van der Waals surface area contributed by atoms with Crippen LogP contribution in [0, 0.1) is 0 Å². The van der Waals surface area contributed by atoms with E-state index in [2.05, 4.69) is 10.7 Å². The van der Waals surface area contributed by atoms with Crippen molar-refractivity contribution in [2.45, 2.75) is 12.1 Å². The first-order valence-electron chi connectivity index (χ1n) is 9.32. The van der Waals surface area contributed by atoms with E-state index in [1.807, 2.05) is 36.4 Å². The average Bonchev–Trinajstić information content (AvgIpc) is 3.06. The van der Waals surface area contributed by atoms with E-state index in [-0.39, 0.29) is 11.8 Å². The predicted molar refractivity (Wildman–Crippen MR) is 117 cm³/mol. The van der Waals surface area contributed by atoms with E-state index in [0.29, 0.717) is 21.2 Å². The van der Waals surface area contributed by atoms with Gasteiger partial charge in [0.1, 0.15) is 0 Å². The second-order valence-electron chi connectivity index (χ2n) is 6.85. The molecule has 1 fully saturated rings. The van der Waals surface area contributed by atoms with E-state index in [1.54, 1.807) is 53.4 Å². The Bertz CT molecular complexity index is 1120. The molecule has 1 saturated heterocycles. The largest absolute Gasteiger partial charge is 0.334 e. The first-order valence-corrected chi connectivity index (χ1v) is 10.1. The van der Waals surface area contributed by atoms with Crippen molar-refractivity contribution < 1.29 is 14.3 Å². The Morgan fingerprint density at radius 3 is 2.30 bits per heavy atom. The van der Waals surface area contributed by atoms with Crippen LogP contribution < -0.4 is 10.7 Å². The van der Waals surface area contributed by atoms with Crippen LogP contribution in [-0.2, 0) is 4.79 Å². The van der Waals surface area contributed by atoms with Crippen molar-refractivity contribution in [2.75, 3.05) is 0 Å². The molecule has 5 nitrogen and oxygen atoms in total. The number of hydrogen-bond acceptors (Lipinski definition) is 2. The Balaban J connectivity index is 1.72. The highest BCUT2D eigenvalue weighted by Crippen LogP contribution is 2.26. The molecule has 1 heterocycles. The highest BCUT2D eigenvalue weighted by Gasteiger charge is 2.47. The number of carbonyl (C=O) groups is 2. The molecule has 4 rings (SSSR count). The lowest BCUT2D eigenvalue weighted by atomic mass is 10.00. The summed E-state index contributed by atoms with van der Waals surface area (Å²) < 4.78 is 1.67. The zero-order valence-corrected chi connectivity index (χ0v) is 17.3. The molecule has 1 aliphatic heterocycles.